The molecule has 2 atom stereocenters. The second-order valence-electron chi connectivity index (χ2n) is 4.69. The van der Waals surface area contributed by atoms with Gasteiger partial charge >= 0.3 is 12.1 Å². The number of aliphatic carboxylic acids is 1. The highest BCUT2D eigenvalue weighted by Crippen LogP contribution is 2.32. The highest BCUT2D eigenvalue weighted by atomic mass is 32.1. The van der Waals surface area contributed by atoms with Crippen molar-refractivity contribution in [1.82, 2.24) is 5.32 Å². The predicted molar refractivity (Wildman–Crippen MR) is 79.1 cm³/mol. The summed E-state index contributed by atoms with van der Waals surface area (Å²) in [6.45, 7) is 1.27. The molecule has 1 amide bonds. The van der Waals surface area contributed by atoms with Crippen molar-refractivity contribution in [3.05, 3.63) is 35.4 Å². The second-order valence-corrected chi connectivity index (χ2v) is 4.87. The molecule has 0 radical (unpaired) electrons. The molecule has 1 aromatic rings. The van der Waals surface area contributed by atoms with Gasteiger partial charge in [0.2, 0.25) is 5.91 Å². The average Bonchev–Trinajstić information content (AvgIpc) is 2.45. The summed E-state index contributed by atoms with van der Waals surface area (Å²) in [6, 6.07) is 2.24. The number of carboxylic acid groups (broad SMARTS) is 1. The minimum atomic E-state index is -4.53. The van der Waals surface area contributed by atoms with Gasteiger partial charge in [-0.15, -0.1) is 0 Å². The predicted octanol–water partition coefficient (Wildman–Crippen LogP) is 2.83. The van der Waals surface area contributed by atoms with E-state index in [1.807, 2.05) is 5.16 Å². The van der Waals surface area contributed by atoms with E-state index in [1.165, 1.54) is 19.1 Å². The molecule has 0 spiro atoms. The van der Waals surface area contributed by atoms with Crippen LogP contribution in [0.5, 0.6) is 0 Å². The number of thiocarbonyl (C=S) groups is 1. The maximum absolute atomic E-state index is 12.7. The van der Waals surface area contributed by atoms with Crippen LogP contribution in [0.2, 0.25) is 0 Å². The zero-order valence-corrected chi connectivity index (χ0v) is 12.7. The Morgan fingerprint density at radius 3 is 2.61 bits per heavy atom. The highest BCUT2D eigenvalue weighted by Gasteiger charge is 2.31. The fourth-order valence-electron chi connectivity index (χ4n) is 1.76. The summed E-state index contributed by atoms with van der Waals surface area (Å²) in [7, 11) is 0. The fraction of sp³-hybridized carbons (Fsp3) is 0.357. The van der Waals surface area contributed by atoms with Crippen LogP contribution in [-0.2, 0) is 15.8 Å². The lowest BCUT2D eigenvalue weighted by Crippen LogP contribution is -2.38. The normalized spacial score (nSPS) is 13.6. The standard InChI is InChI=1S/C14H13F3N2O3S/c1-8(13(21)22)19-12(20)6-11(18-7-23)9-3-2-4-10(5-9)14(15,16)17/h2-5,8,11H,6H2,1H3,(H,19,20)(H,21,22)/t8-,11?/m0/s1. The number of nitrogens with zero attached hydrogens (tertiary/aromatic N) is 1. The van der Waals surface area contributed by atoms with Gasteiger partial charge in [0.05, 0.1) is 23.2 Å². The maximum Gasteiger partial charge on any atom is 0.416 e. The Labute approximate surface area is 135 Å². The van der Waals surface area contributed by atoms with E-state index >= 15 is 0 Å². The molecule has 2 N–H and O–H groups in total. The molecule has 0 saturated carbocycles. The van der Waals surface area contributed by atoms with E-state index in [2.05, 4.69) is 22.5 Å². The summed E-state index contributed by atoms with van der Waals surface area (Å²) < 4.78 is 38.2. The van der Waals surface area contributed by atoms with E-state index in [9.17, 15) is 22.8 Å². The summed E-state index contributed by atoms with van der Waals surface area (Å²) in [4.78, 5) is 26.2. The first kappa shape index (κ1) is 18.8. The van der Waals surface area contributed by atoms with Gasteiger partial charge in [-0.3, -0.25) is 9.59 Å². The van der Waals surface area contributed by atoms with Gasteiger partial charge in [0.15, 0.2) is 0 Å². The number of rotatable bonds is 6. The quantitative estimate of drug-likeness (QED) is 0.613. The third kappa shape index (κ3) is 5.80. The third-order valence-corrected chi connectivity index (χ3v) is 3.04. The Bertz CT molecular complexity index is 642. The van der Waals surface area contributed by atoms with Crippen molar-refractivity contribution in [1.29, 1.82) is 0 Å². The Morgan fingerprint density at radius 2 is 2.09 bits per heavy atom. The number of benzene rings is 1. The molecule has 0 aromatic heterocycles. The van der Waals surface area contributed by atoms with Gasteiger partial charge in [-0.25, -0.2) is 4.99 Å². The lowest BCUT2D eigenvalue weighted by Gasteiger charge is -2.15. The molecule has 9 heteroatoms. The van der Waals surface area contributed by atoms with Gasteiger partial charge in [-0.05, 0) is 36.8 Å². The van der Waals surface area contributed by atoms with E-state index in [0.717, 1.165) is 12.1 Å². The lowest BCUT2D eigenvalue weighted by molar-refractivity contribution is -0.141. The number of halogens is 3. The molecule has 0 aliphatic rings. The maximum atomic E-state index is 12.7. The van der Waals surface area contributed by atoms with Crippen molar-refractivity contribution < 1.29 is 27.9 Å². The van der Waals surface area contributed by atoms with Gasteiger partial charge < -0.3 is 10.4 Å². The Kier molecular flexibility index (Phi) is 6.41. The topological polar surface area (TPSA) is 78.8 Å². The van der Waals surface area contributed by atoms with Crippen LogP contribution in [0, 0.1) is 0 Å². The fourth-order valence-corrected chi connectivity index (χ4v) is 1.89. The third-order valence-electron chi connectivity index (χ3n) is 2.93. The van der Waals surface area contributed by atoms with Crippen LogP contribution < -0.4 is 5.32 Å². The van der Waals surface area contributed by atoms with Crippen molar-refractivity contribution in [2.75, 3.05) is 0 Å². The van der Waals surface area contributed by atoms with Crippen LogP contribution in [0.4, 0.5) is 13.2 Å². The first-order valence-corrected chi connectivity index (χ1v) is 6.82. The number of carbonyl (C=O) groups excluding carboxylic acids is 1. The van der Waals surface area contributed by atoms with Gasteiger partial charge in [-0.2, -0.15) is 13.2 Å². The molecule has 0 aliphatic carbocycles. The molecule has 0 bridgehead atoms. The Morgan fingerprint density at radius 1 is 1.43 bits per heavy atom. The minimum absolute atomic E-state index is 0.135. The van der Waals surface area contributed by atoms with Gasteiger partial charge in [0, 0.05) is 0 Å². The summed E-state index contributed by atoms with van der Waals surface area (Å²) in [5.74, 6) is -1.90. The highest BCUT2D eigenvalue weighted by molar-refractivity contribution is 7.78. The van der Waals surface area contributed by atoms with Crippen molar-refractivity contribution in [3.63, 3.8) is 0 Å². The van der Waals surface area contributed by atoms with E-state index in [-0.39, 0.29) is 12.0 Å². The number of hydrogen-bond acceptors (Lipinski definition) is 4. The average molecular weight is 346 g/mol. The summed E-state index contributed by atoms with van der Waals surface area (Å²) in [5, 5.41) is 13.0. The van der Waals surface area contributed by atoms with Crippen molar-refractivity contribution in [3.8, 4) is 0 Å². The molecule has 0 saturated heterocycles. The number of carbonyl (C=O) groups is 2. The Hall–Kier alpha value is -2.25. The molecule has 0 fully saturated rings. The van der Waals surface area contributed by atoms with Crippen molar-refractivity contribution in [2.45, 2.75) is 31.6 Å². The van der Waals surface area contributed by atoms with Crippen LogP contribution in [0.1, 0.15) is 30.5 Å². The monoisotopic (exact) mass is 346 g/mol. The molecule has 23 heavy (non-hydrogen) atoms. The second kappa shape index (κ2) is 7.85. The van der Waals surface area contributed by atoms with E-state index in [4.69, 9.17) is 5.11 Å². The van der Waals surface area contributed by atoms with Crippen LogP contribution in [0.3, 0.4) is 0 Å². The number of isothiocyanates is 1. The minimum Gasteiger partial charge on any atom is -0.480 e. The molecule has 1 unspecified atom stereocenters. The molecule has 1 aromatic carbocycles. The lowest BCUT2D eigenvalue weighted by atomic mass is 10.0. The number of amides is 1. The van der Waals surface area contributed by atoms with Crippen LogP contribution in [-0.4, -0.2) is 28.2 Å². The van der Waals surface area contributed by atoms with Gasteiger partial charge in [0.25, 0.3) is 0 Å². The van der Waals surface area contributed by atoms with Crippen LogP contribution in [0.15, 0.2) is 29.3 Å². The largest absolute Gasteiger partial charge is 0.480 e. The molecule has 124 valence electrons. The number of nitrogens with one attached hydrogen (secondary N) is 1. The molecular weight excluding hydrogens is 333 g/mol. The summed E-state index contributed by atoms with van der Waals surface area (Å²) in [6.07, 6.45) is -4.87. The molecular formula is C14H13F3N2O3S. The van der Waals surface area contributed by atoms with Crippen molar-refractivity contribution >= 4 is 29.3 Å². The van der Waals surface area contributed by atoms with Crippen LogP contribution >= 0.6 is 12.2 Å². The number of hydrogen-bond donors (Lipinski definition) is 2. The van der Waals surface area contributed by atoms with E-state index < -0.39 is 35.7 Å². The van der Waals surface area contributed by atoms with Gasteiger partial charge in [0.1, 0.15) is 6.04 Å². The van der Waals surface area contributed by atoms with E-state index in [1.54, 1.807) is 0 Å². The number of aliphatic imine (C=N–C) groups is 1. The number of alkyl halides is 3. The first-order chi connectivity index (χ1) is 10.6. The smallest absolute Gasteiger partial charge is 0.416 e. The Balaban J connectivity index is 2.97. The van der Waals surface area contributed by atoms with Crippen molar-refractivity contribution in [2.24, 2.45) is 4.99 Å². The van der Waals surface area contributed by atoms with Gasteiger partial charge in [-0.1, -0.05) is 12.1 Å². The summed E-state index contributed by atoms with van der Waals surface area (Å²) >= 11 is 4.45. The van der Waals surface area contributed by atoms with Crippen LogP contribution in [0.25, 0.3) is 0 Å². The molecule has 5 nitrogen and oxygen atoms in total. The molecule has 0 aliphatic heterocycles. The SMILES string of the molecule is C[C@H](NC(=O)CC(N=C=S)c1cccc(C(F)(F)F)c1)C(=O)O. The van der Waals surface area contributed by atoms with E-state index in [0.29, 0.717) is 0 Å². The zero-order chi connectivity index (χ0) is 17.6. The molecule has 1 rings (SSSR count). The summed E-state index contributed by atoms with van der Waals surface area (Å²) in [5.41, 5.74) is -0.741. The molecule has 0 heterocycles. The first-order valence-electron chi connectivity index (χ1n) is 6.41. The number of carboxylic acids is 1. The zero-order valence-electron chi connectivity index (χ0n) is 11.9.